The van der Waals surface area contributed by atoms with Crippen molar-refractivity contribution < 1.29 is 22.4 Å². The Kier molecular flexibility index (Phi) is 10.4. The highest BCUT2D eigenvalue weighted by Crippen LogP contribution is 2.28. The molecule has 0 saturated carbocycles. The maximum absolute atomic E-state index is 14.0. The topological polar surface area (TPSA) is 86.8 Å². The second-order valence-corrected chi connectivity index (χ2v) is 12.1. The lowest BCUT2D eigenvalue weighted by atomic mass is 10.0. The van der Waals surface area contributed by atoms with Gasteiger partial charge in [-0.15, -0.1) is 0 Å². The lowest BCUT2D eigenvalue weighted by Gasteiger charge is -2.34. The largest absolute Gasteiger partial charge is 0.352 e. The minimum Gasteiger partial charge on any atom is -0.352 e. The van der Waals surface area contributed by atoms with Gasteiger partial charge in [0.25, 0.3) is 0 Å². The molecule has 3 aromatic carbocycles. The van der Waals surface area contributed by atoms with Crippen LogP contribution in [-0.4, -0.2) is 50.0 Å². The van der Waals surface area contributed by atoms with Crippen molar-refractivity contribution in [2.24, 2.45) is 0 Å². The number of benzene rings is 3. The van der Waals surface area contributed by atoms with Crippen LogP contribution < -0.4 is 9.62 Å². The number of hydrogen-bond acceptors (Lipinski definition) is 4. The molecule has 0 bridgehead atoms. The normalized spacial score (nSPS) is 12.2. The summed E-state index contributed by atoms with van der Waals surface area (Å²) in [5.41, 5.74) is 1.31. The Balaban J connectivity index is 2.09. The van der Waals surface area contributed by atoms with Crippen LogP contribution in [0.3, 0.4) is 0 Å². The Bertz CT molecular complexity index is 1380. The van der Waals surface area contributed by atoms with E-state index in [0.717, 1.165) is 28.3 Å². The average Bonchev–Trinajstić information content (AvgIpc) is 2.86. The number of sulfonamides is 1. The first-order valence-electron chi connectivity index (χ1n) is 12.2. The maximum Gasteiger partial charge on any atom is 0.244 e. The zero-order valence-electron chi connectivity index (χ0n) is 21.8. The van der Waals surface area contributed by atoms with E-state index in [1.54, 1.807) is 32.0 Å². The lowest BCUT2D eigenvalue weighted by molar-refractivity contribution is -0.140. The number of rotatable bonds is 11. The van der Waals surface area contributed by atoms with Crippen molar-refractivity contribution in [3.8, 4) is 0 Å². The molecule has 0 heterocycles. The third-order valence-corrected chi connectivity index (χ3v) is 7.73. The first-order valence-corrected chi connectivity index (χ1v) is 14.8. The van der Waals surface area contributed by atoms with Crippen LogP contribution in [0.5, 0.6) is 0 Å². The minimum absolute atomic E-state index is 0.106. The molecule has 0 aliphatic rings. The molecular weight excluding hydrogens is 564 g/mol. The van der Waals surface area contributed by atoms with Crippen LogP contribution in [-0.2, 0) is 32.6 Å². The predicted octanol–water partition coefficient (Wildman–Crippen LogP) is 5.06. The van der Waals surface area contributed by atoms with Crippen LogP contribution in [0.4, 0.5) is 10.1 Å². The van der Waals surface area contributed by atoms with Crippen molar-refractivity contribution >= 4 is 50.7 Å². The summed E-state index contributed by atoms with van der Waals surface area (Å²) in [7, 11) is -3.96. The van der Waals surface area contributed by atoms with E-state index in [1.165, 1.54) is 17.0 Å². The summed E-state index contributed by atoms with van der Waals surface area (Å²) in [6.07, 6.45) is 1.11. The van der Waals surface area contributed by atoms with Gasteiger partial charge in [0.1, 0.15) is 18.4 Å². The van der Waals surface area contributed by atoms with Crippen LogP contribution in [0.25, 0.3) is 0 Å². The number of hydrogen-bond donors (Lipinski definition) is 1. The van der Waals surface area contributed by atoms with E-state index in [0.29, 0.717) is 15.6 Å². The maximum atomic E-state index is 14.0. The third kappa shape index (κ3) is 8.42. The zero-order chi connectivity index (χ0) is 28.7. The zero-order valence-corrected chi connectivity index (χ0v) is 24.1. The molecule has 3 aromatic rings. The number of halogens is 3. The van der Waals surface area contributed by atoms with Crippen molar-refractivity contribution in [1.82, 2.24) is 10.2 Å². The van der Waals surface area contributed by atoms with E-state index < -0.39 is 40.2 Å². The Morgan fingerprint density at radius 3 is 2.05 bits per heavy atom. The molecular formula is C28H30Cl2FN3O4S. The molecule has 7 nitrogen and oxygen atoms in total. The van der Waals surface area contributed by atoms with Gasteiger partial charge in [0.15, 0.2) is 0 Å². The summed E-state index contributed by atoms with van der Waals surface area (Å²) < 4.78 is 39.9. The molecule has 0 saturated heterocycles. The summed E-state index contributed by atoms with van der Waals surface area (Å²) in [5.74, 6) is -1.64. The highest BCUT2D eigenvalue weighted by molar-refractivity contribution is 7.92. The molecule has 0 fully saturated rings. The second-order valence-electron chi connectivity index (χ2n) is 9.34. The van der Waals surface area contributed by atoms with Gasteiger partial charge in [-0.1, -0.05) is 59.6 Å². The van der Waals surface area contributed by atoms with Gasteiger partial charge in [-0.05, 0) is 55.8 Å². The summed E-state index contributed by atoms with van der Waals surface area (Å²) in [5, 5.41) is 3.45. The van der Waals surface area contributed by atoms with Gasteiger partial charge in [0, 0.05) is 34.6 Å². The molecule has 0 aliphatic heterocycles. The number of carbonyl (C=O) groups is 2. The van der Waals surface area contributed by atoms with Crippen molar-refractivity contribution in [2.45, 2.75) is 38.9 Å². The fourth-order valence-electron chi connectivity index (χ4n) is 4.01. The Morgan fingerprint density at radius 2 is 1.51 bits per heavy atom. The molecule has 1 atom stereocenters. The van der Waals surface area contributed by atoms with Crippen LogP contribution in [0.2, 0.25) is 10.0 Å². The summed E-state index contributed by atoms with van der Waals surface area (Å²) in [6.45, 7) is 2.82. The molecule has 3 rings (SSSR count). The quantitative estimate of drug-likeness (QED) is 0.336. The first-order chi connectivity index (χ1) is 18.4. The summed E-state index contributed by atoms with van der Waals surface area (Å²) >= 11 is 12.9. The third-order valence-electron chi connectivity index (χ3n) is 5.89. The average molecular weight is 595 g/mol. The van der Waals surface area contributed by atoms with Crippen molar-refractivity contribution in [1.29, 1.82) is 0 Å². The molecule has 0 radical (unpaired) electrons. The number of carbonyl (C=O) groups excluding carboxylic acids is 2. The molecule has 208 valence electrons. The number of nitrogens with one attached hydrogen (secondary N) is 1. The van der Waals surface area contributed by atoms with Crippen LogP contribution in [0.15, 0.2) is 72.8 Å². The second kappa shape index (κ2) is 13.3. The minimum atomic E-state index is -3.96. The fourth-order valence-corrected chi connectivity index (χ4v) is 5.38. The van der Waals surface area contributed by atoms with E-state index in [9.17, 15) is 22.4 Å². The van der Waals surface area contributed by atoms with Crippen LogP contribution in [0, 0.1) is 5.82 Å². The van der Waals surface area contributed by atoms with E-state index in [1.807, 2.05) is 30.3 Å². The van der Waals surface area contributed by atoms with Crippen molar-refractivity contribution in [3.05, 3.63) is 99.8 Å². The van der Waals surface area contributed by atoms with E-state index in [4.69, 9.17) is 23.2 Å². The molecule has 39 heavy (non-hydrogen) atoms. The van der Waals surface area contributed by atoms with Gasteiger partial charge in [0.05, 0.1) is 11.9 Å². The predicted molar refractivity (Wildman–Crippen MR) is 153 cm³/mol. The molecule has 0 aromatic heterocycles. The number of amides is 2. The monoisotopic (exact) mass is 593 g/mol. The van der Waals surface area contributed by atoms with E-state index in [-0.39, 0.29) is 24.7 Å². The highest BCUT2D eigenvalue weighted by Gasteiger charge is 2.34. The van der Waals surface area contributed by atoms with Crippen LogP contribution in [0.1, 0.15) is 25.0 Å². The van der Waals surface area contributed by atoms with Gasteiger partial charge >= 0.3 is 0 Å². The summed E-state index contributed by atoms with van der Waals surface area (Å²) in [6, 6.07) is 17.6. The molecule has 1 unspecified atom stereocenters. The highest BCUT2D eigenvalue weighted by atomic mass is 35.5. The van der Waals surface area contributed by atoms with Gasteiger partial charge in [-0.3, -0.25) is 13.9 Å². The Labute approximate surface area is 238 Å². The van der Waals surface area contributed by atoms with Crippen molar-refractivity contribution in [2.75, 3.05) is 17.1 Å². The molecule has 1 N–H and O–H groups in total. The number of nitrogens with zero attached hydrogens (tertiary/aromatic N) is 2. The van der Waals surface area contributed by atoms with E-state index >= 15 is 0 Å². The fraction of sp³-hybridized carbons (Fsp3) is 0.286. The summed E-state index contributed by atoms with van der Waals surface area (Å²) in [4.78, 5) is 28.8. The van der Waals surface area contributed by atoms with Crippen LogP contribution >= 0.6 is 23.2 Å². The van der Waals surface area contributed by atoms with Crippen molar-refractivity contribution in [3.63, 3.8) is 0 Å². The lowest BCUT2D eigenvalue weighted by Crippen LogP contribution is -2.54. The van der Waals surface area contributed by atoms with Gasteiger partial charge < -0.3 is 10.2 Å². The Hall–Kier alpha value is -3.14. The number of anilines is 1. The molecule has 11 heteroatoms. The van der Waals surface area contributed by atoms with E-state index in [2.05, 4.69) is 5.32 Å². The molecule has 0 spiro atoms. The van der Waals surface area contributed by atoms with Gasteiger partial charge in [0.2, 0.25) is 21.8 Å². The molecule has 0 aliphatic carbocycles. The Morgan fingerprint density at radius 1 is 0.923 bits per heavy atom. The molecule has 2 amide bonds. The standard InChI is InChI=1S/C28H30Cl2FN3O4S/c1-19(2)32-28(36)26(16-20-8-5-4-6-9-20)33(17-23-24(29)10-7-11-25(23)30)27(35)18-34(39(3,37)38)22-14-12-21(31)13-15-22/h4-15,19,26H,16-18H2,1-3H3,(H,32,36). The first kappa shape index (κ1) is 30.4. The van der Waals surface area contributed by atoms with Gasteiger partial charge in [-0.2, -0.15) is 0 Å². The smallest absolute Gasteiger partial charge is 0.244 e. The van der Waals surface area contributed by atoms with Gasteiger partial charge in [-0.25, -0.2) is 12.8 Å². The SMILES string of the molecule is CC(C)NC(=O)C(Cc1ccccc1)N(Cc1c(Cl)cccc1Cl)C(=O)CN(c1ccc(F)cc1)S(C)(=O)=O.